The molecule has 178 valence electrons. The minimum absolute atomic E-state index is 0.356. The van der Waals surface area contributed by atoms with Crippen LogP contribution >= 0.6 is 0 Å². The Kier molecular flexibility index (Phi) is 6.29. The third-order valence-electron chi connectivity index (χ3n) is 11.2. The van der Waals surface area contributed by atoms with Gasteiger partial charge in [-0.05, 0) is 104 Å². The second-order valence-electron chi connectivity index (χ2n) is 13.9. The first-order valence-electron chi connectivity index (χ1n) is 13.9. The van der Waals surface area contributed by atoms with Crippen LogP contribution in [0, 0.1) is 52.3 Å². The number of rotatable bonds is 6. The normalized spacial score (nSPS) is 45.8. The van der Waals surface area contributed by atoms with Crippen LogP contribution in [0.15, 0.2) is 11.1 Å². The van der Waals surface area contributed by atoms with Gasteiger partial charge in [-0.1, -0.05) is 78.9 Å². The van der Waals surface area contributed by atoms with Crippen molar-refractivity contribution in [1.82, 2.24) is 0 Å². The van der Waals surface area contributed by atoms with Gasteiger partial charge in [0.1, 0.15) is 0 Å². The number of aliphatic hydroxyl groups is 1. The molecule has 31 heavy (non-hydrogen) atoms. The Morgan fingerprint density at radius 2 is 1.61 bits per heavy atom. The number of hydrogen-bond donors (Lipinski definition) is 1. The molecule has 0 radical (unpaired) electrons. The second kappa shape index (κ2) is 8.18. The van der Waals surface area contributed by atoms with E-state index in [1.54, 1.807) is 11.1 Å². The fraction of sp³-hybridized carbons (Fsp3) is 0.933. The number of hydrogen-bond acceptors (Lipinski definition) is 1. The van der Waals surface area contributed by atoms with E-state index < -0.39 is 5.60 Å². The Bertz CT molecular complexity index is 699. The van der Waals surface area contributed by atoms with Crippen LogP contribution in [0.25, 0.3) is 0 Å². The smallest absolute Gasteiger partial charge is 0.0690 e. The minimum Gasteiger partial charge on any atom is -0.390 e. The molecule has 0 amide bonds. The average molecular weight is 429 g/mol. The van der Waals surface area contributed by atoms with E-state index >= 15 is 0 Å². The predicted octanol–water partition coefficient (Wildman–Crippen LogP) is 8.41. The highest BCUT2D eigenvalue weighted by atomic mass is 16.3. The van der Waals surface area contributed by atoms with E-state index in [1.165, 1.54) is 57.8 Å². The topological polar surface area (TPSA) is 20.2 Å². The van der Waals surface area contributed by atoms with Crippen molar-refractivity contribution in [1.29, 1.82) is 0 Å². The lowest BCUT2D eigenvalue weighted by atomic mass is 9.44. The van der Waals surface area contributed by atoms with Crippen LogP contribution in [0.5, 0.6) is 0 Å². The van der Waals surface area contributed by atoms with Crippen LogP contribution < -0.4 is 0 Å². The van der Waals surface area contributed by atoms with E-state index in [2.05, 4.69) is 55.4 Å². The van der Waals surface area contributed by atoms with Crippen molar-refractivity contribution in [2.24, 2.45) is 52.3 Å². The Morgan fingerprint density at radius 3 is 2.26 bits per heavy atom. The van der Waals surface area contributed by atoms with Gasteiger partial charge in [0.05, 0.1) is 5.60 Å². The first-order chi connectivity index (χ1) is 14.4. The molecule has 4 aliphatic rings. The summed E-state index contributed by atoms with van der Waals surface area (Å²) in [5, 5.41) is 12.0. The monoisotopic (exact) mass is 428 g/mol. The predicted molar refractivity (Wildman–Crippen MR) is 133 cm³/mol. The first kappa shape index (κ1) is 23.8. The van der Waals surface area contributed by atoms with Gasteiger partial charge in [0.2, 0.25) is 0 Å². The molecule has 0 unspecified atom stereocenters. The van der Waals surface area contributed by atoms with Crippen LogP contribution in [0.4, 0.5) is 0 Å². The van der Waals surface area contributed by atoms with Crippen LogP contribution in [-0.4, -0.2) is 10.7 Å². The fourth-order valence-corrected chi connectivity index (χ4v) is 9.65. The second-order valence-corrected chi connectivity index (χ2v) is 13.9. The molecule has 0 spiro atoms. The van der Waals surface area contributed by atoms with Gasteiger partial charge in [-0.2, -0.15) is 0 Å². The third-order valence-corrected chi connectivity index (χ3v) is 11.2. The van der Waals surface area contributed by atoms with Crippen molar-refractivity contribution >= 4 is 0 Å². The van der Waals surface area contributed by atoms with Crippen LogP contribution in [0.2, 0.25) is 0 Å². The van der Waals surface area contributed by atoms with Crippen molar-refractivity contribution in [2.45, 2.75) is 125 Å². The molecule has 0 aliphatic heterocycles. The quantitative estimate of drug-likeness (QED) is 0.421. The lowest BCUT2D eigenvalue weighted by Crippen LogP contribution is -2.59. The molecule has 0 heterocycles. The summed E-state index contributed by atoms with van der Waals surface area (Å²) >= 11 is 0. The zero-order valence-corrected chi connectivity index (χ0v) is 22.1. The summed E-state index contributed by atoms with van der Waals surface area (Å²) in [5.41, 5.74) is 3.65. The zero-order valence-electron chi connectivity index (χ0n) is 22.1. The van der Waals surface area contributed by atoms with Crippen molar-refractivity contribution in [3.05, 3.63) is 11.1 Å². The molecule has 0 saturated heterocycles. The number of allylic oxidation sites excluding steroid dienone is 1. The molecule has 3 fully saturated rings. The maximum atomic E-state index is 12.0. The highest BCUT2D eigenvalue weighted by molar-refractivity contribution is 5.35. The average Bonchev–Trinajstić information content (AvgIpc) is 3.18. The van der Waals surface area contributed by atoms with Gasteiger partial charge < -0.3 is 5.11 Å². The van der Waals surface area contributed by atoms with E-state index in [4.69, 9.17) is 0 Å². The molecule has 0 aromatic heterocycles. The van der Waals surface area contributed by atoms with Crippen molar-refractivity contribution in [3.8, 4) is 0 Å². The van der Waals surface area contributed by atoms with Gasteiger partial charge in [-0.15, -0.1) is 0 Å². The highest BCUT2D eigenvalue weighted by Crippen LogP contribution is 2.70. The van der Waals surface area contributed by atoms with E-state index in [-0.39, 0.29) is 0 Å². The Labute approximate surface area is 193 Å². The molecule has 3 saturated carbocycles. The first-order valence-corrected chi connectivity index (χ1v) is 13.9. The summed E-state index contributed by atoms with van der Waals surface area (Å²) in [7, 11) is 0. The molecular formula is C30H52O. The lowest BCUT2D eigenvalue weighted by molar-refractivity contribution is -0.155. The molecule has 4 aliphatic carbocycles. The standard InChI is InChI=1S/C30H52O/c1-19(2)10-9-11-21(5)23-12-13-24-27-25(15-17-28(23,24)6)29(7)16-14-22(20(3)4)26(29)18-30(27,8)31/h19-21,23-25,27,31H,9-18H2,1-8H3/t21-,23-,24+,25+,27+,28-,29-,30-/m1/s1. The third kappa shape index (κ3) is 3.77. The number of fused-ring (bicyclic) bond motifs is 5. The van der Waals surface area contributed by atoms with Gasteiger partial charge in [0.15, 0.2) is 0 Å². The highest BCUT2D eigenvalue weighted by Gasteiger charge is 2.65. The fourth-order valence-electron chi connectivity index (χ4n) is 9.65. The van der Waals surface area contributed by atoms with Crippen molar-refractivity contribution < 1.29 is 5.11 Å². The molecule has 4 rings (SSSR count). The van der Waals surface area contributed by atoms with E-state index in [1.807, 2.05) is 0 Å². The molecule has 8 atom stereocenters. The Morgan fingerprint density at radius 1 is 0.903 bits per heavy atom. The van der Waals surface area contributed by atoms with Crippen LogP contribution in [0.3, 0.4) is 0 Å². The molecule has 1 N–H and O–H groups in total. The summed E-state index contributed by atoms with van der Waals surface area (Å²) in [6.45, 7) is 19.5. The maximum absolute atomic E-state index is 12.0. The van der Waals surface area contributed by atoms with E-state index in [9.17, 15) is 5.11 Å². The maximum Gasteiger partial charge on any atom is 0.0690 e. The van der Waals surface area contributed by atoms with E-state index in [0.29, 0.717) is 28.6 Å². The van der Waals surface area contributed by atoms with Gasteiger partial charge in [-0.3, -0.25) is 0 Å². The van der Waals surface area contributed by atoms with Gasteiger partial charge in [0, 0.05) is 0 Å². The van der Waals surface area contributed by atoms with Crippen LogP contribution in [0.1, 0.15) is 120 Å². The minimum atomic E-state index is -0.522. The van der Waals surface area contributed by atoms with Crippen molar-refractivity contribution in [2.75, 3.05) is 0 Å². The molecule has 0 aromatic rings. The summed E-state index contributed by atoms with van der Waals surface area (Å²) in [5.74, 6) is 5.08. The summed E-state index contributed by atoms with van der Waals surface area (Å²) in [6.07, 6.45) is 13.2. The van der Waals surface area contributed by atoms with Gasteiger partial charge >= 0.3 is 0 Å². The zero-order chi connectivity index (χ0) is 22.8. The molecule has 1 heteroatoms. The van der Waals surface area contributed by atoms with Crippen LogP contribution in [-0.2, 0) is 0 Å². The lowest BCUT2D eigenvalue weighted by Gasteiger charge is -2.61. The van der Waals surface area contributed by atoms with E-state index in [0.717, 1.165) is 30.1 Å². The van der Waals surface area contributed by atoms with Gasteiger partial charge in [-0.25, -0.2) is 0 Å². The Balaban J connectivity index is 1.59. The molecule has 1 nitrogen and oxygen atoms in total. The van der Waals surface area contributed by atoms with Crippen molar-refractivity contribution in [3.63, 3.8) is 0 Å². The SMILES string of the molecule is CC(C)CCC[C@@H](C)[C@H]1CC[C@H]2[C@H]3[C@H](CC[C@]12C)[C@@]1(C)CCC(C(C)C)=C1C[C@@]3(C)O. The van der Waals surface area contributed by atoms with Gasteiger partial charge in [0.25, 0.3) is 0 Å². The largest absolute Gasteiger partial charge is 0.390 e. The molecule has 0 bridgehead atoms. The Hall–Kier alpha value is -0.300. The summed E-state index contributed by atoms with van der Waals surface area (Å²) in [6, 6.07) is 0. The summed E-state index contributed by atoms with van der Waals surface area (Å²) < 4.78 is 0. The molecule has 0 aromatic carbocycles. The summed E-state index contributed by atoms with van der Waals surface area (Å²) in [4.78, 5) is 0. The molecular weight excluding hydrogens is 376 g/mol.